The van der Waals surface area contributed by atoms with E-state index in [4.69, 9.17) is 5.11 Å². The van der Waals surface area contributed by atoms with E-state index in [1.807, 2.05) is 0 Å². The Morgan fingerprint density at radius 1 is 1.33 bits per heavy atom. The van der Waals surface area contributed by atoms with E-state index >= 15 is 0 Å². The monoisotopic (exact) mass is 227 g/mol. The summed E-state index contributed by atoms with van der Waals surface area (Å²) in [6.07, 6.45) is -5.09. The lowest BCUT2D eigenvalue weighted by atomic mass is 9.91. The van der Waals surface area contributed by atoms with E-state index in [0.717, 1.165) is 0 Å². The number of nitrogens with one attached hydrogen (secondary N) is 1. The zero-order valence-corrected chi connectivity index (χ0v) is 8.82. The van der Waals surface area contributed by atoms with Gasteiger partial charge in [-0.05, 0) is 26.8 Å². The molecule has 0 saturated heterocycles. The molecule has 0 heterocycles. The number of carboxylic acid groups (broad SMARTS) is 1. The molecule has 0 aromatic carbocycles. The number of halogens is 3. The fourth-order valence-corrected chi connectivity index (χ4v) is 1.31. The first-order valence-electron chi connectivity index (χ1n) is 4.66. The molecule has 15 heavy (non-hydrogen) atoms. The van der Waals surface area contributed by atoms with E-state index in [1.54, 1.807) is 14.0 Å². The Morgan fingerprint density at radius 3 is 2.20 bits per heavy atom. The third-order valence-electron chi connectivity index (χ3n) is 2.33. The standard InChI is InChI=1S/C9H16F3NO2/c1-8(13-2,6-7(14)15)4-3-5-9(10,11)12/h13H,3-6H2,1-2H3,(H,14,15). The highest BCUT2D eigenvalue weighted by molar-refractivity contribution is 5.68. The maximum absolute atomic E-state index is 11.9. The summed E-state index contributed by atoms with van der Waals surface area (Å²) in [5, 5.41) is 11.3. The first-order chi connectivity index (χ1) is 6.68. The Bertz CT molecular complexity index is 218. The molecule has 0 spiro atoms. The Balaban J connectivity index is 4.04. The van der Waals surface area contributed by atoms with Gasteiger partial charge in [0.25, 0.3) is 0 Å². The molecule has 0 rings (SSSR count). The van der Waals surface area contributed by atoms with Crippen LogP contribution in [0.2, 0.25) is 0 Å². The molecule has 0 aliphatic rings. The van der Waals surface area contributed by atoms with Gasteiger partial charge in [0.15, 0.2) is 0 Å². The fraction of sp³-hybridized carbons (Fsp3) is 0.889. The van der Waals surface area contributed by atoms with Crippen molar-refractivity contribution in [1.29, 1.82) is 0 Å². The van der Waals surface area contributed by atoms with Crippen molar-refractivity contribution < 1.29 is 23.1 Å². The number of carboxylic acids is 1. The molecule has 1 atom stereocenters. The summed E-state index contributed by atoms with van der Waals surface area (Å²) in [7, 11) is 1.55. The summed E-state index contributed by atoms with van der Waals surface area (Å²) in [5.74, 6) is -1.01. The van der Waals surface area contributed by atoms with Crippen LogP contribution in [-0.4, -0.2) is 29.8 Å². The molecule has 0 radical (unpaired) electrons. The van der Waals surface area contributed by atoms with Crippen LogP contribution in [0, 0.1) is 0 Å². The molecule has 0 saturated carbocycles. The zero-order valence-electron chi connectivity index (χ0n) is 8.82. The number of carbonyl (C=O) groups is 1. The summed E-state index contributed by atoms with van der Waals surface area (Å²) in [6.45, 7) is 1.61. The Labute approximate surface area is 86.7 Å². The second kappa shape index (κ2) is 5.34. The fourth-order valence-electron chi connectivity index (χ4n) is 1.31. The van der Waals surface area contributed by atoms with Gasteiger partial charge >= 0.3 is 12.1 Å². The molecule has 6 heteroatoms. The maximum atomic E-state index is 11.9. The SMILES string of the molecule is CNC(C)(CCCC(F)(F)F)CC(=O)O. The largest absolute Gasteiger partial charge is 0.481 e. The quantitative estimate of drug-likeness (QED) is 0.731. The van der Waals surface area contributed by atoms with Crippen LogP contribution in [0.3, 0.4) is 0 Å². The number of aliphatic carboxylic acids is 1. The third kappa shape index (κ3) is 7.18. The lowest BCUT2D eigenvalue weighted by molar-refractivity contribution is -0.139. The molecule has 0 aliphatic carbocycles. The molecule has 0 fully saturated rings. The van der Waals surface area contributed by atoms with Crippen molar-refractivity contribution >= 4 is 5.97 Å². The van der Waals surface area contributed by atoms with Crippen molar-refractivity contribution in [3.05, 3.63) is 0 Å². The van der Waals surface area contributed by atoms with E-state index in [2.05, 4.69) is 5.32 Å². The highest BCUT2D eigenvalue weighted by Crippen LogP contribution is 2.25. The zero-order chi connectivity index (χ0) is 12.1. The lowest BCUT2D eigenvalue weighted by Gasteiger charge is -2.27. The summed E-state index contributed by atoms with van der Waals surface area (Å²) >= 11 is 0. The van der Waals surface area contributed by atoms with Crippen LogP contribution in [0.15, 0.2) is 0 Å². The predicted molar refractivity (Wildman–Crippen MR) is 49.6 cm³/mol. The molecular weight excluding hydrogens is 211 g/mol. The van der Waals surface area contributed by atoms with Gasteiger partial charge in [-0.2, -0.15) is 13.2 Å². The van der Waals surface area contributed by atoms with Gasteiger partial charge in [-0.1, -0.05) is 0 Å². The van der Waals surface area contributed by atoms with Crippen LogP contribution in [-0.2, 0) is 4.79 Å². The smallest absolute Gasteiger partial charge is 0.389 e. The molecule has 1 unspecified atom stereocenters. The number of rotatable bonds is 6. The molecule has 0 amide bonds. The molecule has 0 aliphatic heterocycles. The summed E-state index contributed by atoms with van der Waals surface area (Å²) < 4.78 is 35.6. The Kier molecular flexibility index (Phi) is 5.07. The number of hydrogen-bond acceptors (Lipinski definition) is 2. The highest BCUT2D eigenvalue weighted by Gasteiger charge is 2.30. The van der Waals surface area contributed by atoms with Crippen molar-refractivity contribution in [2.45, 2.75) is 44.3 Å². The topological polar surface area (TPSA) is 49.3 Å². The van der Waals surface area contributed by atoms with Crippen molar-refractivity contribution in [1.82, 2.24) is 5.32 Å². The number of alkyl halides is 3. The highest BCUT2D eigenvalue weighted by atomic mass is 19.4. The normalized spacial score (nSPS) is 16.1. The van der Waals surface area contributed by atoms with Crippen molar-refractivity contribution in [3.63, 3.8) is 0 Å². The van der Waals surface area contributed by atoms with Gasteiger partial charge in [-0.25, -0.2) is 0 Å². The second-order valence-electron chi connectivity index (χ2n) is 3.85. The van der Waals surface area contributed by atoms with Gasteiger partial charge in [0.1, 0.15) is 0 Å². The van der Waals surface area contributed by atoms with Crippen LogP contribution < -0.4 is 5.32 Å². The molecule has 0 bridgehead atoms. The van der Waals surface area contributed by atoms with Crippen molar-refractivity contribution in [2.24, 2.45) is 0 Å². The van der Waals surface area contributed by atoms with E-state index in [-0.39, 0.29) is 19.3 Å². The molecule has 0 aromatic heterocycles. The van der Waals surface area contributed by atoms with Gasteiger partial charge in [0.2, 0.25) is 0 Å². The average Bonchev–Trinajstić information content (AvgIpc) is 2.00. The van der Waals surface area contributed by atoms with Crippen LogP contribution in [0.5, 0.6) is 0 Å². The summed E-state index contributed by atoms with van der Waals surface area (Å²) in [5.41, 5.74) is -0.767. The van der Waals surface area contributed by atoms with Gasteiger partial charge in [0, 0.05) is 12.0 Å². The van der Waals surface area contributed by atoms with Gasteiger partial charge in [-0.3, -0.25) is 4.79 Å². The Morgan fingerprint density at radius 2 is 1.87 bits per heavy atom. The molecule has 90 valence electrons. The van der Waals surface area contributed by atoms with Crippen LogP contribution in [0.25, 0.3) is 0 Å². The summed E-state index contributed by atoms with van der Waals surface area (Å²) in [6, 6.07) is 0. The lowest BCUT2D eigenvalue weighted by Crippen LogP contribution is -2.41. The van der Waals surface area contributed by atoms with Crippen LogP contribution in [0.1, 0.15) is 32.6 Å². The third-order valence-corrected chi connectivity index (χ3v) is 2.33. The minimum atomic E-state index is -4.17. The van der Waals surface area contributed by atoms with E-state index < -0.39 is 24.1 Å². The van der Waals surface area contributed by atoms with E-state index in [0.29, 0.717) is 0 Å². The van der Waals surface area contributed by atoms with E-state index in [1.165, 1.54) is 0 Å². The van der Waals surface area contributed by atoms with Gasteiger partial charge in [0.05, 0.1) is 6.42 Å². The van der Waals surface area contributed by atoms with Crippen LogP contribution in [0.4, 0.5) is 13.2 Å². The van der Waals surface area contributed by atoms with Gasteiger partial charge in [-0.15, -0.1) is 0 Å². The molecule has 2 N–H and O–H groups in total. The predicted octanol–water partition coefficient (Wildman–Crippen LogP) is 2.17. The maximum Gasteiger partial charge on any atom is 0.389 e. The minimum Gasteiger partial charge on any atom is -0.481 e. The average molecular weight is 227 g/mol. The van der Waals surface area contributed by atoms with E-state index in [9.17, 15) is 18.0 Å². The Hall–Kier alpha value is -0.780. The molecule has 0 aromatic rings. The second-order valence-corrected chi connectivity index (χ2v) is 3.85. The molecule has 3 nitrogen and oxygen atoms in total. The van der Waals surface area contributed by atoms with Crippen molar-refractivity contribution in [3.8, 4) is 0 Å². The molecular formula is C9H16F3NO2. The number of hydrogen-bond donors (Lipinski definition) is 2. The first-order valence-corrected chi connectivity index (χ1v) is 4.66. The van der Waals surface area contributed by atoms with Gasteiger partial charge < -0.3 is 10.4 Å². The minimum absolute atomic E-state index is 0.0614. The first kappa shape index (κ1) is 14.2. The van der Waals surface area contributed by atoms with Crippen molar-refractivity contribution in [2.75, 3.05) is 7.05 Å². The van der Waals surface area contributed by atoms with Crippen LogP contribution >= 0.6 is 0 Å². The summed E-state index contributed by atoms with van der Waals surface area (Å²) in [4.78, 5) is 10.5.